The number of carbonyl (C=O) groups excluding carboxylic acids is 1. The van der Waals surface area contributed by atoms with Crippen LogP contribution in [0.3, 0.4) is 0 Å². The van der Waals surface area contributed by atoms with Gasteiger partial charge in [0, 0.05) is 38.4 Å². The maximum atomic E-state index is 12.7. The normalized spacial score (nSPS) is 15.4. The van der Waals surface area contributed by atoms with Crippen LogP contribution < -0.4 is 10.2 Å². The van der Waals surface area contributed by atoms with Gasteiger partial charge in [0.15, 0.2) is 0 Å². The Kier molecular flexibility index (Phi) is 8.66. The first-order chi connectivity index (χ1) is 15.5. The number of rotatable bonds is 9. The largest absolute Gasteiger partial charge is 0.395 e. The molecule has 0 bridgehead atoms. The molecule has 0 aliphatic carbocycles. The molecule has 1 aliphatic heterocycles. The number of carbonyl (C=O) groups is 1. The fourth-order valence-electron chi connectivity index (χ4n) is 4.29. The number of aliphatic hydroxyl groups excluding tert-OH is 1. The minimum atomic E-state index is -0.266. The van der Waals surface area contributed by atoms with Crippen molar-refractivity contribution in [2.75, 3.05) is 50.8 Å². The number of piperazine rings is 1. The Morgan fingerprint density at radius 3 is 2.44 bits per heavy atom. The summed E-state index contributed by atoms with van der Waals surface area (Å²) in [6.45, 7) is 9.07. The van der Waals surface area contributed by atoms with E-state index in [1.807, 2.05) is 18.2 Å². The predicted octanol–water partition coefficient (Wildman–Crippen LogP) is 3.24. The molecule has 2 aromatic carbocycles. The Morgan fingerprint density at radius 2 is 1.81 bits per heavy atom. The van der Waals surface area contributed by atoms with Gasteiger partial charge in [-0.1, -0.05) is 50.2 Å². The van der Waals surface area contributed by atoms with Gasteiger partial charge in [-0.15, -0.1) is 0 Å². The van der Waals surface area contributed by atoms with Crippen molar-refractivity contribution >= 4 is 11.6 Å². The number of hydrogen-bond acceptors (Lipinski definition) is 5. The second-order valence-corrected chi connectivity index (χ2v) is 8.78. The zero-order chi connectivity index (χ0) is 22.9. The zero-order valence-corrected chi connectivity index (χ0v) is 19.1. The number of amides is 1. The molecule has 1 atom stereocenters. The summed E-state index contributed by atoms with van der Waals surface area (Å²) < 4.78 is 0. The van der Waals surface area contributed by atoms with E-state index in [4.69, 9.17) is 10.4 Å². The van der Waals surface area contributed by atoms with Gasteiger partial charge >= 0.3 is 0 Å². The number of β-amino-alcohol motifs (C(OH)–C–C–N with tert-alkyl or cyclic N) is 1. The maximum absolute atomic E-state index is 12.7. The van der Waals surface area contributed by atoms with Gasteiger partial charge in [-0.3, -0.25) is 9.69 Å². The topological polar surface area (TPSA) is 79.6 Å². The number of nitriles is 1. The second-order valence-electron chi connectivity index (χ2n) is 8.78. The molecule has 170 valence electrons. The van der Waals surface area contributed by atoms with Crippen molar-refractivity contribution in [2.45, 2.75) is 26.2 Å². The van der Waals surface area contributed by atoms with Gasteiger partial charge in [-0.25, -0.2) is 0 Å². The SMILES string of the molecule is CC(C)C[C@@H](C(=O)NCC#N)c1cccc(-c2ccc(N3CCN(CCO)CC3)cc2)c1. The monoisotopic (exact) mass is 434 g/mol. The van der Waals surface area contributed by atoms with Crippen LogP contribution in [0.25, 0.3) is 11.1 Å². The highest BCUT2D eigenvalue weighted by Crippen LogP contribution is 2.30. The molecular weight excluding hydrogens is 400 g/mol. The van der Waals surface area contributed by atoms with Crippen LogP contribution in [-0.2, 0) is 4.79 Å². The Balaban J connectivity index is 1.74. The zero-order valence-electron chi connectivity index (χ0n) is 19.1. The summed E-state index contributed by atoms with van der Waals surface area (Å²) in [5.41, 5.74) is 4.40. The molecule has 1 heterocycles. The standard InChI is InChI=1S/C26H34N4O2/c1-20(2)18-25(26(32)28-11-10-27)23-5-3-4-22(19-23)21-6-8-24(9-7-21)30-14-12-29(13-15-30)16-17-31/h3-9,19-20,25,31H,11-18H2,1-2H3,(H,28,32)/t25-/m1/s1. The average molecular weight is 435 g/mol. The summed E-state index contributed by atoms with van der Waals surface area (Å²) in [6, 6.07) is 18.8. The molecule has 2 N–H and O–H groups in total. The van der Waals surface area contributed by atoms with Crippen molar-refractivity contribution in [3.63, 3.8) is 0 Å². The van der Waals surface area contributed by atoms with Crippen LogP contribution in [0.5, 0.6) is 0 Å². The predicted molar refractivity (Wildman–Crippen MR) is 128 cm³/mol. The van der Waals surface area contributed by atoms with Crippen molar-refractivity contribution in [2.24, 2.45) is 5.92 Å². The van der Waals surface area contributed by atoms with Gasteiger partial charge in [-0.05, 0) is 41.2 Å². The minimum Gasteiger partial charge on any atom is -0.395 e. The molecule has 0 unspecified atom stereocenters. The van der Waals surface area contributed by atoms with Crippen LogP contribution in [-0.4, -0.2) is 61.8 Å². The molecule has 32 heavy (non-hydrogen) atoms. The first kappa shape index (κ1) is 23.8. The third-order valence-corrected chi connectivity index (χ3v) is 6.01. The highest BCUT2D eigenvalue weighted by molar-refractivity contribution is 5.84. The maximum Gasteiger partial charge on any atom is 0.228 e. The summed E-state index contributed by atoms with van der Waals surface area (Å²) in [5.74, 6) is 0.0134. The van der Waals surface area contributed by atoms with Crippen molar-refractivity contribution in [3.05, 3.63) is 54.1 Å². The number of anilines is 1. The number of benzene rings is 2. The Labute approximate surface area is 191 Å². The number of nitrogens with zero attached hydrogens (tertiary/aromatic N) is 3. The van der Waals surface area contributed by atoms with E-state index in [-0.39, 0.29) is 25.0 Å². The number of aliphatic hydroxyl groups is 1. The van der Waals surface area contributed by atoms with E-state index in [2.05, 4.69) is 65.4 Å². The quantitative estimate of drug-likeness (QED) is 0.593. The van der Waals surface area contributed by atoms with Crippen molar-refractivity contribution < 1.29 is 9.90 Å². The molecule has 2 aromatic rings. The molecule has 1 aliphatic rings. The molecule has 0 radical (unpaired) electrons. The summed E-state index contributed by atoms with van der Waals surface area (Å²) in [7, 11) is 0. The molecule has 1 saturated heterocycles. The highest BCUT2D eigenvalue weighted by Gasteiger charge is 2.22. The molecule has 0 saturated carbocycles. The van der Waals surface area contributed by atoms with Gasteiger partial charge in [0.25, 0.3) is 0 Å². The molecular formula is C26H34N4O2. The van der Waals surface area contributed by atoms with E-state index in [0.29, 0.717) is 5.92 Å². The van der Waals surface area contributed by atoms with Crippen LogP contribution >= 0.6 is 0 Å². The minimum absolute atomic E-state index is 0.0306. The number of nitrogens with one attached hydrogen (secondary N) is 1. The molecule has 0 aromatic heterocycles. The first-order valence-electron chi connectivity index (χ1n) is 11.4. The van der Waals surface area contributed by atoms with Gasteiger partial charge in [0.2, 0.25) is 5.91 Å². The fourth-order valence-corrected chi connectivity index (χ4v) is 4.29. The van der Waals surface area contributed by atoms with Crippen molar-refractivity contribution in [1.29, 1.82) is 5.26 Å². The van der Waals surface area contributed by atoms with Crippen molar-refractivity contribution in [1.82, 2.24) is 10.2 Å². The van der Waals surface area contributed by atoms with Crippen molar-refractivity contribution in [3.8, 4) is 17.2 Å². The van der Waals surface area contributed by atoms with Crippen LogP contribution in [0.2, 0.25) is 0 Å². The molecule has 1 fully saturated rings. The Bertz CT molecular complexity index is 912. The van der Waals surface area contributed by atoms with Crippen LogP contribution in [0.4, 0.5) is 5.69 Å². The Morgan fingerprint density at radius 1 is 1.09 bits per heavy atom. The van der Waals surface area contributed by atoms with E-state index in [0.717, 1.165) is 55.8 Å². The van der Waals surface area contributed by atoms with Crippen LogP contribution in [0.1, 0.15) is 31.7 Å². The summed E-state index contributed by atoms with van der Waals surface area (Å²) in [4.78, 5) is 17.4. The summed E-state index contributed by atoms with van der Waals surface area (Å²) >= 11 is 0. The molecule has 6 nitrogen and oxygen atoms in total. The van der Waals surface area contributed by atoms with E-state index in [1.54, 1.807) is 0 Å². The van der Waals surface area contributed by atoms with Gasteiger partial charge in [0.05, 0.1) is 18.6 Å². The lowest BCUT2D eigenvalue weighted by Gasteiger charge is -2.35. The lowest BCUT2D eigenvalue weighted by atomic mass is 9.88. The highest BCUT2D eigenvalue weighted by atomic mass is 16.3. The molecule has 3 rings (SSSR count). The van der Waals surface area contributed by atoms with E-state index in [9.17, 15) is 4.79 Å². The second kappa shape index (κ2) is 11.7. The van der Waals surface area contributed by atoms with E-state index in [1.165, 1.54) is 5.69 Å². The Hall–Kier alpha value is -2.88. The van der Waals surface area contributed by atoms with E-state index >= 15 is 0 Å². The third-order valence-electron chi connectivity index (χ3n) is 6.01. The first-order valence-corrected chi connectivity index (χ1v) is 11.4. The summed E-state index contributed by atoms with van der Waals surface area (Å²) in [5, 5.41) is 20.7. The molecule has 6 heteroatoms. The van der Waals surface area contributed by atoms with Gasteiger partial charge in [0.1, 0.15) is 6.54 Å². The lowest BCUT2D eigenvalue weighted by Crippen LogP contribution is -2.47. The summed E-state index contributed by atoms with van der Waals surface area (Å²) in [6.07, 6.45) is 0.738. The lowest BCUT2D eigenvalue weighted by molar-refractivity contribution is -0.122. The fraction of sp³-hybridized carbons (Fsp3) is 0.462. The molecule has 1 amide bonds. The van der Waals surface area contributed by atoms with Gasteiger partial charge < -0.3 is 15.3 Å². The van der Waals surface area contributed by atoms with Crippen LogP contribution in [0.15, 0.2) is 48.5 Å². The van der Waals surface area contributed by atoms with Crippen LogP contribution in [0, 0.1) is 17.2 Å². The third kappa shape index (κ3) is 6.32. The van der Waals surface area contributed by atoms with E-state index < -0.39 is 0 Å². The smallest absolute Gasteiger partial charge is 0.228 e. The van der Waals surface area contributed by atoms with Gasteiger partial charge in [-0.2, -0.15) is 5.26 Å². The molecule has 0 spiro atoms. The average Bonchev–Trinajstić information content (AvgIpc) is 2.82. The number of hydrogen-bond donors (Lipinski definition) is 2.